The number of carbonyl (C=O) groups excluding carboxylic acids is 1. The Morgan fingerprint density at radius 1 is 1.03 bits per heavy atom. The van der Waals surface area contributed by atoms with Crippen LogP contribution in [0.5, 0.6) is 0 Å². The van der Waals surface area contributed by atoms with Gasteiger partial charge in [-0.05, 0) is 75.6 Å². The molecule has 0 bridgehead atoms. The van der Waals surface area contributed by atoms with Crippen LogP contribution in [0, 0.1) is 6.92 Å². The number of hydrogen-bond donors (Lipinski definition) is 2. The Morgan fingerprint density at radius 2 is 1.76 bits per heavy atom. The Kier molecular flexibility index (Phi) is 7.01. The highest BCUT2D eigenvalue weighted by atomic mass is 79.9. The van der Waals surface area contributed by atoms with Crippen molar-refractivity contribution in [2.45, 2.75) is 11.8 Å². The number of carboxylic acids is 1. The molecule has 0 radical (unpaired) electrons. The van der Waals surface area contributed by atoms with Gasteiger partial charge in [-0.25, -0.2) is 13.2 Å². The van der Waals surface area contributed by atoms with Gasteiger partial charge in [0, 0.05) is 35.4 Å². The zero-order valence-corrected chi connectivity index (χ0v) is 23.6. The Bertz CT molecular complexity index is 1620. The molecule has 3 heterocycles. The minimum atomic E-state index is -3.94. The SMILES string of the molecule is Cc1c(C(=O)O)sc2ccc(S(=O)(=O)Nc3ccccc3N3CCN(C(=O)c4sccc4Br)CC3)cc12. The van der Waals surface area contributed by atoms with Gasteiger partial charge in [-0.2, -0.15) is 0 Å². The van der Waals surface area contributed by atoms with Gasteiger partial charge in [-0.15, -0.1) is 22.7 Å². The van der Waals surface area contributed by atoms with E-state index in [9.17, 15) is 23.1 Å². The summed E-state index contributed by atoms with van der Waals surface area (Å²) >= 11 is 5.95. The summed E-state index contributed by atoms with van der Waals surface area (Å²) in [6, 6.07) is 13.7. The molecule has 1 saturated heterocycles. The van der Waals surface area contributed by atoms with Gasteiger partial charge in [-0.3, -0.25) is 9.52 Å². The van der Waals surface area contributed by atoms with E-state index in [0.717, 1.165) is 26.2 Å². The number of fused-ring (bicyclic) bond motifs is 1. The maximum Gasteiger partial charge on any atom is 0.346 e. The monoisotopic (exact) mass is 619 g/mol. The topological polar surface area (TPSA) is 107 Å². The van der Waals surface area contributed by atoms with E-state index >= 15 is 0 Å². The number of benzene rings is 2. The average Bonchev–Trinajstić information content (AvgIpc) is 3.46. The van der Waals surface area contributed by atoms with Crippen molar-refractivity contribution in [3.63, 3.8) is 0 Å². The van der Waals surface area contributed by atoms with E-state index < -0.39 is 16.0 Å². The number of rotatable bonds is 6. The number of anilines is 2. The summed E-state index contributed by atoms with van der Waals surface area (Å²) in [5, 5.41) is 11.9. The third kappa shape index (κ3) is 4.98. The molecule has 0 unspecified atom stereocenters. The lowest BCUT2D eigenvalue weighted by molar-refractivity contribution is 0.0700. The van der Waals surface area contributed by atoms with Crippen molar-refractivity contribution in [1.82, 2.24) is 4.90 Å². The predicted molar refractivity (Wildman–Crippen MR) is 151 cm³/mol. The number of hydrogen-bond acceptors (Lipinski definition) is 7. The summed E-state index contributed by atoms with van der Waals surface area (Å²) in [5.74, 6) is -1.04. The number of thiophene rings is 2. The zero-order valence-electron chi connectivity index (χ0n) is 19.6. The van der Waals surface area contributed by atoms with Crippen molar-refractivity contribution in [3.05, 3.63) is 73.7 Å². The second-order valence-corrected chi connectivity index (χ2v) is 13.0. The van der Waals surface area contributed by atoms with Gasteiger partial charge in [0.2, 0.25) is 0 Å². The van der Waals surface area contributed by atoms with Crippen LogP contribution >= 0.6 is 38.6 Å². The number of nitrogens with zero attached hydrogens (tertiary/aromatic N) is 2. The second-order valence-electron chi connectivity index (χ2n) is 8.52. The Labute approximate surface area is 230 Å². The van der Waals surface area contributed by atoms with E-state index in [-0.39, 0.29) is 15.7 Å². The Hall–Kier alpha value is -2.93. The number of carboxylic acid groups (broad SMARTS) is 1. The molecule has 2 aromatic heterocycles. The number of aromatic carboxylic acids is 1. The fourth-order valence-electron chi connectivity index (χ4n) is 4.35. The van der Waals surface area contributed by atoms with Crippen LogP contribution in [0.4, 0.5) is 11.4 Å². The molecular formula is C25H22BrN3O5S3. The summed E-state index contributed by atoms with van der Waals surface area (Å²) in [6.07, 6.45) is 0. The molecule has 0 aliphatic carbocycles. The summed E-state index contributed by atoms with van der Waals surface area (Å²) < 4.78 is 30.9. The summed E-state index contributed by atoms with van der Waals surface area (Å²) in [6.45, 7) is 3.84. The van der Waals surface area contributed by atoms with E-state index in [1.165, 1.54) is 23.5 Å². The predicted octanol–water partition coefficient (Wildman–Crippen LogP) is 5.50. The molecule has 1 amide bonds. The quantitative estimate of drug-likeness (QED) is 0.295. The first-order valence-electron chi connectivity index (χ1n) is 11.3. The highest BCUT2D eigenvalue weighted by Gasteiger charge is 2.26. The van der Waals surface area contributed by atoms with Crippen molar-refractivity contribution in [3.8, 4) is 0 Å². The van der Waals surface area contributed by atoms with E-state index in [4.69, 9.17) is 0 Å². The third-order valence-electron chi connectivity index (χ3n) is 6.28. The number of halogens is 1. The molecule has 0 spiro atoms. The van der Waals surface area contributed by atoms with Gasteiger partial charge < -0.3 is 14.9 Å². The molecule has 37 heavy (non-hydrogen) atoms. The number of sulfonamides is 1. The van der Waals surface area contributed by atoms with Gasteiger partial charge in [0.15, 0.2) is 0 Å². The first-order valence-corrected chi connectivity index (χ1v) is 15.3. The number of piperazine rings is 1. The van der Waals surface area contributed by atoms with Crippen molar-refractivity contribution < 1.29 is 23.1 Å². The van der Waals surface area contributed by atoms with Crippen LogP contribution in [0.25, 0.3) is 10.1 Å². The first kappa shape index (κ1) is 25.7. The van der Waals surface area contributed by atoms with Gasteiger partial charge in [0.05, 0.1) is 16.3 Å². The maximum absolute atomic E-state index is 13.3. The molecule has 8 nitrogen and oxygen atoms in total. The van der Waals surface area contributed by atoms with Crippen molar-refractivity contribution in [2.24, 2.45) is 0 Å². The highest BCUT2D eigenvalue weighted by Crippen LogP contribution is 2.34. The van der Waals surface area contributed by atoms with Gasteiger partial charge in [0.25, 0.3) is 15.9 Å². The summed E-state index contributed by atoms with van der Waals surface area (Å²) in [4.78, 5) is 29.2. The average molecular weight is 621 g/mol. The molecule has 1 aliphatic heterocycles. The molecule has 2 N–H and O–H groups in total. The minimum Gasteiger partial charge on any atom is -0.477 e. The largest absolute Gasteiger partial charge is 0.477 e. The highest BCUT2D eigenvalue weighted by molar-refractivity contribution is 9.10. The number of carbonyl (C=O) groups is 2. The first-order chi connectivity index (χ1) is 17.7. The van der Waals surface area contributed by atoms with Crippen LogP contribution in [0.15, 0.2) is 63.3 Å². The van der Waals surface area contributed by atoms with Gasteiger partial charge >= 0.3 is 5.97 Å². The van der Waals surface area contributed by atoms with Crippen molar-refractivity contribution in [1.29, 1.82) is 0 Å². The van der Waals surface area contributed by atoms with Crippen molar-refractivity contribution in [2.75, 3.05) is 35.8 Å². The lowest BCUT2D eigenvalue weighted by atomic mass is 10.1. The number of aryl methyl sites for hydroxylation is 1. The zero-order chi connectivity index (χ0) is 26.3. The standard InChI is InChI=1S/C25H22BrN3O5S3/c1-15-17-14-16(6-7-21(17)36-22(15)25(31)32)37(33,34)27-19-4-2-3-5-20(19)28-9-11-29(12-10-28)24(30)23-18(26)8-13-35-23/h2-8,13-14,27H,9-12H2,1H3,(H,31,32). The van der Waals surface area contributed by atoms with E-state index in [2.05, 4.69) is 25.6 Å². The second kappa shape index (κ2) is 10.1. The Morgan fingerprint density at radius 3 is 2.43 bits per heavy atom. The van der Waals surface area contributed by atoms with Gasteiger partial charge in [0.1, 0.15) is 9.75 Å². The fourth-order valence-corrected chi connectivity index (χ4v) is 7.99. The molecule has 4 aromatic rings. The van der Waals surface area contributed by atoms with Crippen LogP contribution in [0.2, 0.25) is 0 Å². The molecule has 1 aliphatic rings. The molecule has 5 rings (SSSR count). The van der Waals surface area contributed by atoms with Crippen LogP contribution in [-0.2, 0) is 10.0 Å². The van der Waals surface area contributed by atoms with Crippen LogP contribution in [-0.4, -0.2) is 56.5 Å². The summed E-state index contributed by atoms with van der Waals surface area (Å²) in [7, 11) is -3.94. The maximum atomic E-state index is 13.3. The van der Waals surface area contributed by atoms with Crippen LogP contribution in [0.1, 0.15) is 24.9 Å². The van der Waals surface area contributed by atoms with E-state index in [0.29, 0.717) is 47.7 Å². The van der Waals surface area contributed by atoms with Gasteiger partial charge in [-0.1, -0.05) is 12.1 Å². The molecule has 1 fully saturated rings. The molecule has 0 saturated carbocycles. The van der Waals surface area contributed by atoms with E-state index in [1.807, 2.05) is 28.5 Å². The molecule has 2 aromatic carbocycles. The number of nitrogens with one attached hydrogen (secondary N) is 1. The molecule has 0 atom stereocenters. The minimum absolute atomic E-state index is 0.0133. The fraction of sp³-hybridized carbons (Fsp3) is 0.200. The number of para-hydroxylation sites is 2. The Balaban J connectivity index is 1.36. The third-order valence-corrected chi connectivity index (χ3v) is 10.7. The van der Waals surface area contributed by atoms with Crippen LogP contribution < -0.4 is 9.62 Å². The lowest BCUT2D eigenvalue weighted by Crippen LogP contribution is -2.48. The summed E-state index contributed by atoms with van der Waals surface area (Å²) in [5.41, 5.74) is 1.72. The smallest absolute Gasteiger partial charge is 0.346 e. The van der Waals surface area contributed by atoms with Crippen LogP contribution in [0.3, 0.4) is 0 Å². The van der Waals surface area contributed by atoms with E-state index in [1.54, 1.807) is 25.1 Å². The molecule has 192 valence electrons. The molecule has 12 heteroatoms. The van der Waals surface area contributed by atoms with Crippen molar-refractivity contribution >= 4 is 82.0 Å². The molecular weight excluding hydrogens is 598 g/mol. The number of amides is 1. The lowest BCUT2D eigenvalue weighted by Gasteiger charge is -2.36. The normalized spacial score (nSPS) is 14.2.